The van der Waals surface area contributed by atoms with Gasteiger partial charge in [-0.2, -0.15) is 0 Å². The van der Waals surface area contributed by atoms with Crippen LogP contribution < -0.4 is 10.6 Å². The van der Waals surface area contributed by atoms with Crippen molar-refractivity contribution in [3.8, 4) is 0 Å². The lowest BCUT2D eigenvalue weighted by atomic mass is 10.2. The number of hydrogen-bond acceptors (Lipinski definition) is 3. The van der Waals surface area contributed by atoms with Crippen molar-refractivity contribution in [2.24, 2.45) is 0 Å². The maximum atomic E-state index is 11.4. The Kier molecular flexibility index (Phi) is 4.96. The molecule has 0 saturated heterocycles. The van der Waals surface area contributed by atoms with Gasteiger partial charge < -0.3 is 15.7 Å². The molecule has 1 aromatic heterocycles. The van der Waals surface area contributed by atoms with E-state index in [1.165, 1.54) is 12.5 Å². The van der Waals surface area contributed by atoms with Gasteiger partial charge in [-0.05, 0) is 30.4 Å². The van der Waals surface area contributed by atoms with E-state index in [0.717, 1.165) is 11.3 Å². The molecule has 5 nitrogen and oxygen atoms in total. The average Bonchev–Trinajstić information content (AvgIpc) is 2.73. The third-order valence-corrected chi connectivity index (χ3v) is 3.31. The smallest absolute Gasteiger partial charge is 0.325 e. The second-order valence-electron chi connectivity index (χ2n) is 3.61. The monoisotopic (exact) mass is 256 g/mol. The normalized spacial score (nSPS) is 11.9. The molecule has 0 aromatic carbocycles. The molecule has 6 heteroatoms. The van der Waals surface area contributed by atoms with Gasteiger partial charge in [-0.1, -0.05) is 6.92 Å². The first-order chi connectivity index (χ1) is 8.04. The van der Waals surface area contributed by atoms with Gasteiger partial charge in [0, 0.05) is 4.88 Å². The molecule has 0 aliphatic rings. The molecule has 0 aliphatic carbocycles. The number of aliphatic carboxylic acids is 1. The van der Waals surface area contributed by atoms with Gasteiger partial charge >= 0.3 is 12.0 Å². The molecule has 0 saturated carbocycles. The molecule has 1 heterocycles. The van der Waals surface area contributed by atoms with E-state index in [2.05, 4.69) is 17.6 Å². The number of carbonyl (C=O) groups is 2. The second kappa shape index (κ2) is 6.24. The third kappa shape index (κ3) is 4.07. The number of carbonyl (C=O) groups excluding carboxylic acids is 1. The predicted octanol–water partition coefficient (Wildman–Crippen LogP) is 1.58. The molecule has 3 N–H and O–H groups in total. The van der Waals surface area contributed by atoms with Crippen molar-refractivity contribution in [1.82, 2.24) is 10.6 Å². The summed E-state index contributed by atoms with van der Waals surface area (Å²) in [5.74, 6) is -1.05. The molecule has 17 heavy (non-hydrogen) atoms. The summed E-state index contributed by atoms with van der Waals surface area (Å²) in [6, 6.07) is 0.679. The maximum Gasteiger partial charge on any atom is 0.325 e. The Morgan fingerprint density at radius 3 is 2.82 bits per heavy atom. The maximum absolute atomic E-state index is 11.4. The molecule has 0 radical (unpaired) electrons. The van der Waals surface area contributed by atoms with E-state index in [0.29, 0.717) is 6.54 Å². The minimum absolute atomic E-state index is 0.430. The van der Waals surface area contributed by atoms with Gasteiger partial charge in [-0.3, -0.25) is 4.79 Å². The first-order valence-corrected chi connectivity index (χ1v) is 6.25. The lowest BCUT2D eigenvalue weighted by Gasteiger charge is -2.10. The lowest BCUT2D eigenvalue weighted by molar-refractivity contribution is -0.138. The quantitative estimate of drug-likeness (QED) is 0.748. The summed E-state index contributed by atoms with van der Waals surface area (Å²) in [6.07, 6.45) is 0.924. The van der Waals surface area contributed by atoms with E-state index in [4.69, 9.17) is 5.11 Å². The van der Waals surface area contributed by atoms with E-state index < -0.39 is 18.0 Å². The fraction of sp³-hybridized carbons (Fsp3) is 0.455. The highest BCUT2D eigenvalue weighted by Crippen LogP contribution is 2.16. The summed E-state index contributed by atoms with van der Waals surface area (Å²) >= 11 is 1.58. The first kappa shape index (κ1) is 13.5. The molecule has 1 atom stereocenters. The molecule has 0 fully saturated rings. The highest BCUT2D eigenvalue weighted by molar-refractivity contribution is 7.10. The summed E-state index contributed by atoms with van der Waals surface area (Å²) < 4.78 is 0. The fourth-order valence-corrected chi connectivity index (χ4v) is 2.22. The topological polar surface area (TPSA) is 78.4 Å². The van der Waals surface area contributed by atoms with Crippen LogP contribution in [0.25, 0.3) is 0 Å². The summed E-state index contributed by atoms with van der Waals surface area (Å²) in [6.45, 7) is 3.90. The van der Waals surface area contributed by atoms with Gasteiger partial charge in [0.25, 0.3) is 0 Å². The zero-order valence-electron chi connectivity index (χ0n) is 9.82. The van der Waals surface area contributed by atoms with Crippen LogP contribution in [0.4, 0.5) is 4.79 Å². The number of nitrogens with one attached hydrogen (secondary N) is 2. The first-order valence-electron chi connectivity index (χ1n) is 5.37. The van der Waals surface area contributed by atoms with Crippen LogP contribution >= 0.6 is 11.3 Å². The van der Waals surface area contributed by atoms with E-state index in [9.17, 15) is 9.59 Å². The number of aryl methyl sites for hydroxylation is 1. The summed E-state index contributed by atoms with van der Waals surface area (Å²) in [4.78, 5) is 23.0. The van der Waals surface area contributed by atoms with Crippen LogP contribution in [-0.2, 0) is 17.8 Å². The predicted molar refractivity (Wildman–Crippen MR) is 66.2 cm³/mol. The number of urea groups is 1. The van der Waals surface area contributed by atoms with Crippen molar-refractivity contribution in [3.05, 3.63) is 21.9 Å². The van der Waals surface area contributed by atoms with Gasteiger partial charge in [-0.15, -0.1) is 11.3 Å². The Morgan fingerprint density at radius 2 is 2.24 bits per heavy atom. The summed E-state index contributed by atoms with van der Waals surface area (Å²) in [5, 5.41) is 15.6. The molecule has 0 aliphatic heterocycles. The zero-order chi connectivity index (χ0) is 12.8. The van der Waals surface area contributed by atoms with Crippen LogP contribution in [0.2, 0.25) is 0 Å². The minimum atomic E-state index is -1.05. The average molecular weight is 256 g/mol. The van der Waals surface area contributed by atoms with Crippen LogP contribution in [0.15, 0.2) is 11.4 Å². The summed E-state index contributed by atoms with van der Waals surface area (Å²) in [5.41, 5.74) is 1.21. The van der Waals surface area contributed by atoms with Gasteiger partial charge in [-0.25, -0.2) is 4.79 Å². The highest BCUT2D eigenvalue weighted by atomic mass is 32.1. The van der Waals surface area contributed by atoms with Crippen molar-refractivity contribution in [1.29, 1.82) is 0 Å². The number of rotatable bonds is 5. The van der Waals surface area contributed by atoms with Crippen LogP contribution in [0.3, 0.4) is 0 Å². The molecular formula is C11H16N2O3S. The van der Waals surface area contributed by atoms with Crippen LogP contribution in [0, 0.1) is 0 Å². The van der Waals surface area contributed by atoms with E-state index in [-0.39, 0.29) is 0 Å². The Balaban J connectivity index is 2.41. The molecule has 2 amide bonds. The molecule has 0 bridgehead atoms. The Bertz CT molecular complexity index is 403. The minimum Gasteiger partial charge on any atom is -0.480 e. The number of carboxylic acids is 1. The van der Waals surface area contributed by atoms with Crippen molar-refractivity contribution in [2.45, 2.75) is 32.9 Å². The zero-order valence-corrected chi connectivity index (χ0v) is 10.6. The van der Waals surface area contributed by atoms with E-state index in [1.807, 2.05) is 11.4 Å². The van der Waals surface area contributed by atoms with Crippen LogP contribution in [0.5, 0.6) is 0 Å². The fourth-order valence-electron chi connectivity index (χ4n) is 1.31. The Labute approximate surface area is 104 Å². The molecule has 0 spiro atoms. The molecular weight excluding hydrogens is 240 g/mol. The van der Waals surface area contributed by atoms with Gasteiger partial charge in [0.05, 0.1) is 6.54 Å². The molecule has 1 aromatic rings. The number of hydrogen-bond donors (Lipinski definition) is 3. The van der Waals surface area contributed by atoms with Gasteiger partial charge in [0.1, 0.15) is 6.04 Å². The van der Waals surface area contributed by atoms with E-state index >= 15 is 0 Å². The third-order valence-electron chi connectivity index (χ3n) is 2.35. The molecule has 1 rings (SSSR count). The highest BCUT2D eigenvalue weighted by Gasteiger charge is 2.13. The second-order valence-corrected chi connectivity index (χ2v) is 4.61. The Morgan fingerprint density at radius 1 is 1.53 bits per heavy atom. The number of carboxylic acid groups (broad SMARTS) is 1. The van der Waals surface area contributed by atoms with Crippen molar-refractivity contribution in [2.75, 3.05) is 0 Å². The van der Waals surface area contributed by atoms with Crippen molar-refractivity contribution < 1.29 is 14.7 Å². The summed E-state index contributed by atoms with van der Waals surface area (Å²) in [7, 11) is 0. The molecule has 0 unspecified atom stereocenters. The number of amides is 2. The van der Waals surface area contributed by atoms with Crippen molar-refractivity contribution in [3.63, 3.8) is 0 Å². The standard InChI is InChI=1S/C11H16N2O3S/c1-3-8-4-5-17-9(8)6-12-11(16)13-7(2)10(14)15/h4-5,7H,3,6H2,1-2H3,(H,14,15)(H2,12,13,16)/t7-/m1/s1. The lowest BCUT2D eigenvalue weighted by Crippen LogP contribution is -2.44. The molecule has 94 valence electrons. The van der Waals surface area contributed by atoms with Crippen LogP contribution in [0.1, 0.15) is 24.3 Å². The largest absolute Gasteiger partial charge is 0.480 e. The Hall–Kier alpha value is -1.56. The van der Waals surface area contributed by atoms with Gasteiger partial charge in [0.15, 0.2) is 0 Å². The van der Waals surface area contributed by atoms with E-state index in [1.54, 1.807) is 11.3 Å². The van der Waals surface area contributed by atoms with Crippen molar-refractivity contribution >= 4 is 23.3 Å². The number of thiophene rings is 1. The van der Waals surface area contributed by atoms with Gasteiger partial charge in [0.2, 0.25) is 0 Å². The SMILES string of the molecule is CCc1ccsc1CNC(=O)N[C@H](C)C(=O)O. The van der Waals surface area contributed by atoms with Crippen LogP contribution in [-0.4, -0.2) is 23.1 Å².